The summed E-state index contributed by atoms with van der Waals surface area (Å²) in [5.41, 5.74) is 3.38. The zero-order chi connectivity index (χ0) is 18.1. The van der Waals surface area contributed by atoms with Crippen molar-refractivity contribution in [3.05, 3.63) is 59.2 Å². The highest BCUT2D eigenvalue weighted by Crippen LogP contribution is 2.18. The van der Waals surface area contributed by atoms with E-state index in [9.17, 15) is 0 Å². The van der Waals surface area contributed by atoms with Gasteiger partial charge in [0.2, 0.25) is 0 Å². The lowest BCUT2D eigenvalue weighted by molar-refractivity contribution is 0.411. The third-order valence-electron chi connectivity index (χ3n) is 3.83. The average Bonchev–Trinajstić information content (AvgIpc) is 2.65. The van der Waals surface area contributed by atoms with E-state index in [1.54, 1.807) is 14.2 Å². The lowest BCUT2D eigenvalue weighted by Crippen LogP contribution is -2.36. The summed E-state index contributed by atoms with van der Waals surface area (Å²) in [6.07, 6.45) is 0. The maximum atomic E-state index is 5.38. The number of rotatable bonds is 7. The first kappa shape index (κ1) is 18.6. The molecule has 25 heavy (non-hydrogen) atoms. The Labute approximate surface area is 150 Å². The van der Waals surface area contributed by atoms with E-state index in [1.165, 1.54) is 0 Å². The van der Waals surface area contributed by atoms with E-state index in [0.29, 0.717) is 13.1 Å². The standard InChI is InChI=1S/C20H27N3O2/c1-5-21-20(22-13-16-7-6-8-18(11-16)24-3)23-14-17-10-9-15(2)19(12-17)25-4/h6-12H,5,13-14H2,1-4H3,(H2,21,22,23). The van der Waals surface area contributed by atoms with Gasteiger partial charge in [-0.05, 0) is 48.7 Å². The maximum absolute atomic E-state index is 5.38. The number of aliphatic imine (C=N–C) groups is 1. The van der Waals surface area contributed by atoms with Gasteiger partial charge in [-0.2, -0.15) is 0 Å². The minimum absolute atomic E-state index is 0.587. The van der Waals surface area contributed by atoms with E-state index in [4.69, 9.17) is 9.47 Å². The molecule has 2 aromatic carbocycles. The van der Waals surface area contributed by atoms with Crippen LogP contribution in [0.4, 0.5) is 0 Å². The summed E-state index contributed by atoms with van der Waals surface area (Å²) in [4.78, 5) is 4.64. The van der Waals surface area contributed by atoms with E-state index < -0.39 is 0 Å². The lowest BCUT2D eigenvalue weighted by Gasteiger charge is -2.13. The zero-order valence-electron chi connectivity index (χ0n) is 15.4. The molecule has 0 aliphatic rings. The van der Waals surface area contributed by atoms with Gasteiger partial charge in [-0.25, -0.2) is 4.99 Å². The van der Waals surface area contributed by atoms with Gasteiger partial charge in [0, 0.05) is 13.1 Å². The number of nitrogens with one attached hydrogen (secondary N) is 2. The second kappa shape index (κ2) is 9.57. The molecule has 0 bridgehead atoms. The van der Waals surface area contributed by atoms with Crippen molar-refractivity contribution in [1.82, 2.24) is 10.6 Å². The molecule has 0 radical (unpaired) electrons. The second-order valence-corrected chi connectivity index (χ2v) is 5.70. The van der Waals surface area contributed by atoms with Crippen molar-refractivity contribution in [2.75, 3.05) is 20.8 Å². The lowest BCUT2D eigenvalue weighted by atomic mass is 10.1. The maximum Gasteiger partial charge on any atom is 0.191 e. The first-order valence-electron chi connectivity index (χ1n) is 8.45. The third kappa shape index (κ3) is 5.71. The molecule has 5 heteroatoms. The number of nitrogens with zero attached hydrogens (tertiary/aromatic N) is 1. The zero-order valence-corrected chi connectivity index (χ0v) is 15.4. The molecule has 2 rings (SSSR count). The molecule has 0 aromatic heterocycles. The van der Waals surface area contributed by atoms with E-state index in [-0.39, 0.29) is 0 Å². The summed E-state index contributed by atoms with van der Waals surface area (Å²) in [5.74, 6) is 2.53. The highest BCUT2D eigenvalue weighted by molar-refractivity contribution is 5.79. The SMILES string of the molecule is CCNC(=NCc1cccc(OC)c1)NCc1ccc(C)c(OC)c1. The van der Waals surface area contributed by atoms with Crippen LogP contribution in [-0.2, 0) is 13.1 Å². The number of guanidine groups is 1. The normalized spacial score (nSPS) is 11.1. The minimum Gasteiger partial charge on any atom is -0.497 e. The van der Waals surface area contributed by atoms with Gasteiger partial charge in [0.15, 0.2) is 5.96 Å². The molecule has 0 aliphatic heterocycles. The van der Waals surface area contributed by atoms with Crippen molar-refractivity contribution in [3.63, 3.8) is 0 Å². The summed E-state index contributed by atoms with van der Waals surface area (Å²) in [6.45, 7) is 6.17. The summed E-state index contributed by atoms with van der Waals surface area (Å²) in [7, 11) is 3.36. The topological polar surface area (TPSA) is 54.9 Å². The Kier molecular flexibility index (Phi) is 7.14. The van der Waals surface area contributed by atoms with Gasteiger partial charge in [0.25, 0.3) is 0 Å². The Bertz CT molecular complexity index is 714. The van der Waals surface area contributed by atoms with Crippen LogP contribution in [0.25, 0.3) is 0 Å². The van der Waals surface area contributed by atoms with Crippen LogP contribution in [0, 0.1) is 6.92 Å². The quantitative estimate of drug-likeness (QED) is 0.599. The van der Waals surface area contributed by atoms with E-state index in [0.717, 1.165) is 40.7 Å². The predicted molar refractivity (Wildman–Crippen MR) is 102 cm³/mol. The molecule has 0 spiro atoms. The van der Waals surface area contributed by atoms with Crippen LogP contribution in [-0.4, -0.2) is 26.7 Å². The highest BCUT2D eigenvalue weighted by Gasteiger charge is 2.03. The van der Waals surface area contributed by atoms with Crippen LogP contribution in [0.5, 0.6) is 11.5 Å². The number of benzene rings is 2. The van der Waals surface area contributed by atoms with Gasteiger partial charge in [-0.3, -0.25) is 0 Å². The van der Waals surface area contributed by atoms with Gasteiger partial charge in [0.1, 0.15) is 11.5 Å². The average molecular weight is 341 g/mol. The number of hydrogen-bond acceptors (Lipinski definition) is 3. The van der Waals surface area contributed by atoms with Gasteiger partial charge in [0.05, 0.1) is 20.8 Å². The summed E-state index contributed by atoms with van der Waals surface area (Å²) in [5, 5.41) is 6.63. The fourth-order valence-electron chi connectivity index (χ4n) is 2.44. The van der Waals surface area contributed by atoms with Crippen molar-refractivity contribution in [3.8, 4) is 11.5 Å². The Balaban J connectivity index is 2.02. The minimum atomic E-state index is 0.587. The Morgan fingerprint density at radius 2 is 1.84 bits per heavy atom. The molecule has 134 valence electrons. The van der Waals surface area contributed by atoms with Gasteiger partial charge >= 0.3 is 0 Å². The molecule has 2 N–H and O–H groups in total. The number of methoxy groups -OCH3 is 2. The number of hydrogen-bond donors (Lipinski definition) is 2. The van der Waals surface area contributed by atoms with E-state index in [2.05, 4.69) is 34.7 Å². The van der Waals surface area contributed by atoms with Crippen molar-refractivity contribution in [2.45, 2.75) is 26.9 Å². The monoisotopic (exact) mass is 341 g/mol. The Hall–Kier alpha value is -2.69. The van der Waals surface area contributed by atoms with E-state index in [1.807, 2.05) is 37.3 Å². The molecule has 0 unspecified atom stereocenters. The molecule has 0 saturated carbocycles. The van der Waals surface area contributed by atoms with Gasteiger partial charge in [-0.15, -0.1) is 0 Å². The van der Waals surface area contributed by atoms with Crippen LogP contribution < -0.4 is 20.1 Å². The highest BCUT2D eigenvalue weighted by atomic mass is 16.5. The van der Waals surface area contributed by atoms with Crippen molar-refractivity contribution >= 4 is 5.96 Å². The smallest absolute Gasteiger partial charge is 0.191 e. The molecular weight excluding hydrogens is 314 g/mol. The summed E-state index contributed by atoms with van der Waals surface area (Å²) < 4.78 is 10.6. The number of aryl methyl sites for hydroxylation is 1. The first-order chi connectivity index (χ1) is 12.2. The Morgan fingerprint density at radius 1 is 1.00 bits per heavy atom. The fraction of sp³-hybridized carbons (Fsp3) is 0.350. The van der Waals surface area contributed by atoms with Crippen molar-refractivity contribution < 1.29 is 9.47 Å². The molecule has 0 aliphatic carbocycles. The van der Waals surface area contributed by atoms with Crippen LogP contribution in [0.1, 0.15) is 23.6 Å². The molecule has 0 heterocycles. The largest absolute Gasteiger partial charge is 0.497 e. The first-order valence-corrected chi connectivity index (χ1v) is 8.45. The van der Waals surface area contributed by atoms with Gasteiger partial charge < -0.3 is 20.1 Å². The molecule has 0 amide bonds. The summed E-state index contributed by atoms with van der Waals surface area (Å²) in [6, 6.07) is 14.2. The molecule has 2 aromatic rings. The molecule has 0 atom stereocenters. The Morgan fingerprint density at radius 3 is 2.56 bits per heavy atom. The van der Waals surface area contributed by atoms with Crippen LogP contribution in [0.2, 0.25) is 0 Å². The third-order valence-corrected chi connectivity index (χ3v) is 3.83. The van der Waals surface area contributed by atoms with Crippen LogP contribution in [0.3, 0.4) is 0 Å². The second-order valence-electron chi connectivity index (χ2n) is 5.70. The fourth-order valence-corrected chi connectivity index (χ4v) is 2.44. The molecule has 0 fully saturated rings. The summed E-state index contributed by atoms with van der Waals surface area (Å²) >= 11 is 0. The molecule has 5 nitrogen and oxygen atoms in total. The van der Waals surface area contributed by atoms with E-state index >= 15 is 0 Å². The molecule has 0 saturated heterocycles. The van der Waals surface area contributed by atoms with Crippen molar-refractivity contribution in [1.29, 1.82) is 0 Å². The molecular formula is C20H27N3O2. The predicted octanol–water partition coefficient (Wildman–Crippen LogP) is 3.27. The van der Waals surface area contributed by atoms with Gasteiger partial charge in [-0.1, -0.05) is 24.3 Å². The van der Waals surface area contributed by atoms with Crippen molar-refractivity contribution in [2.24, 2.45) is 4.99 Å². The number of ether oxygens (including phenoxy) is 2. The van der Waals surface area contributed by atoms with Crippen LogP contribution >= 0.6 is 0 Å². The van der Waals surface area contributed by atoms with Crippen LogP contribution in [0.15, 0.2) is 47.5 Å².